The maximum absolute atomic E-state index is 12.1. The van der Waals surface area contributed by atoms with Gasteiger partial charge in [-0.25, -0.2) is 9.78 Å². The maximum Gasteiger partial charge on any atom is 0.322 e. The Balaban J connectivity index is 2.06. The molecule has 0 unspecified atom stereocenters. The van der Waals surface area contributed by atoms with Crippen LogP contribution in [-0.2, 0) is 0 Å². The van der Waals surface area contributed by atoms with Crippen LogP contribution in [0, 0.1) is 0 Å². The first-order chi connectivity index (χ1) is 10.2. The number of hydrogen-bond donors (Lipinski definition) is 2. The highest BCUT2D eigenvalue weighted by Crippen LogP contribution is 2.34. The fraction of sp³-hybridized carbons (Fsp3) is 0.200. The molecule has 3 rings (SSSR count). The quantitative estimate of drug-likeness (QED) is 0.915. The van der Waals surface area contributed by atoms with E-state index < -0.39 is 0 Å². The minimum absolute atomic E-state index is 0.0988. The molecule has 0 spiro atoms. The summed E-state index contributed by atoms with van der Waals surface area (Å²) in [7, 11) is 0. The normalized spacial score (nSPS) is 18.3. The Morgan fingerprint density at radius 3 is 2.76 bits per heavy atom. The van der Waals surface area contributed by atoms with Crippen molar-refractivity contribution in [2.75, 3.05) is 12.3 Å². The van der Waals surface area contributed by atoms with E-state index in [9.17, 15) is 4.79 Å². The highest BCUT2D eigenvalue weighted by molar-refractivity contribution is 7.13. The van der Waals surface area contributed by atoms with Crippen LogP contribution in [0.1, 0.15) is 24.2 Å². The van der Waals surface area contributed by atoms with Crippen molar-refractivity contribution in [2.45, 2.75) is 13.0 Å². The molecular weight excluding hydrogens is 284 g/mol. The molecule has 1 aromatic carbocycles. The first-order valence-corrected chi connectivity index (χ1v) is 7.62. The number of carbonyl (C=O) groups is 1. The molecule has 2 heterocycles. The first kappa shape index (κ1) is 13.6. The minimum atomic E-state index is -0.206. The van der Waals surface area contributed by atoms with Gasteiger partial charge in [-0.1, -0.05) is 30.3 Å². The third kappa shape index (κ3) is 2.62. The van der Waals surface area contributed by atoms with Crippen molar-refractivity contribution in [3.63, 3.8) is 0 Å². The molecule has 0 saturated heterocycles. The lowest BCUT2D eigenvalue weighted by molar-refractivity contribution is 0.212. The molecule has 3 N–H and O–H groups in total. The van der Waals surface area contributed by atoms with Crippen molar-refractivity contribution < 1.29 is 4.79 Å². The van der Waals surface area contributed by atoms with Crippen LogP contribution >= 0.6 is 11.3 Å². The van der Waals surface area contributed by atoms with Crippen LogP contribution in [0.5, 0.6) is 0 Å². The lowest BCUT2D eigenvalue weighted by Crippen LogP contribution is -2.43. The minimum Gasteiger partial charge on any atom is -0.375 e. The summed E-state index contributed by atoms with van der Waals surface area (Å²) in [5.41, 5.74) is 8.53. The third-order valence-electron chi connectivity index (χ3n) is 3.43. The number of anilines is 1. The predicted molar refractivity (Wildman–Crippen MR) is 84.6 cm³/mol. The van der Waals surface area contributed by atoms with E-state index in [0.29, 0.717) is 11.7 Å². The zero-order chi connectivity index (χ0) is 14.8. The van der Waals surface area contributed by atoms with E-state index >= 15 is 0 Å². The van der Waals surface area contributed by atoms with Crippen LogP contribution in [0.2, 0.25) is 0 Å². The molecule has 0 fully saturated rings. The molecule has 1 atom stereocenters. The molecule has 1 aromatic heterocycles. The number of nitrogens with zero attached hydrogens (tertiary/aromatic N) is 2. The van der Waals surface area contributed by atoms with Gasteiger partial charge in [0, 0.05) is 23.7 Å². The van der Waals surface area contributed by atoms with Crippen molar-refractivity contribution in [2.24, 2.45) is 0 Å². The summed E-state index contributed by atoms with van der Waals surface area (Å²) in [6.45, 7) is 2.54. The number of amides is 2. The van der Waals surface area contributed by atoms with Crippen LogP contribution in [0.25, 0.3) is 5.57 Å². The number of aromatic nitrogens is 1. The van der Waals surface area contributed by atoms with E-state index in [-0.39, 0.29) is 12.1 Å². The van der Waals surface area contributed by atoms with Gasteiger partial charge in [-0.2, -0.15) is 0 Å². The lowest BCUT2D eigenvalue weighted by atomic mass is 9.96. The van der Waals surface area contributed by atoms with E-state index in [0.717, 1.165) is 16.8 Å². The van der Waals surface area contributed by atoms with Crippen LogP contribution in [0.4, 0.5) is 9.93 Å². The number of thiazole rings is 1. The largest absolute Gasteiger partial charge is 0.375 e. The summed E-state index contributed by atoms with van der Waals surface area (Å²) >= 11 is 1.40. The van der Waals surface area contributed by atoms with Gasteiger partial charge < -0.3 is 16.0 Å². The molecule has 2 amide bonds. The number of benzene rings is 1. The standard InChI is InChI=1S/C15H16N4OS/c1-2-19-8-11(12-9-21-14(16)17-12)13(18-15(19)20)10-6-4-3-5-7-10/h3-9,13H,2H2,1H3,(H2,16,17)(H,18,20)/t13-/m0/s1. The summed E-state index contributed by atoms with van der Waals surface area (Å²) in [6.07, 6.45) is 1.87. The van der Waals surface area contributed by atoms with E-state index in [2.05, 4.69) is 10.3 Å². The fourth-order valence-electron chi connectivity index (χ4n) is 2.36. The molecule has 5 nitrogen and oxygen atoms in total. The molecule has 108 valence electrons. The monoisotopic (exact) mass is 300 g/mol. The second kappa shape index (κ2) is 5.57. The molecule has 0 aliphatic carbocycles. The topological polar surface area (TPSA) is 71.2 Å². The number of nitrogens with one attached hydrogen (secondary N) is 1. The SMILES string of the molecule is CCN1C=C(c2csc(N)n2)[C@H](c2ccccc2)NC1=O. The van der Waals surface area contributed by atoms with E-state index in [1.54, 1.807) is 4.90 Å². The molecule has 6 heteroatoms. The second-order valence-electron chi connectivity index (χ2n) is 4.73. The molecule has 0 saturated carbocycles. The van der Waals surface area contributed by atoms with Crippen molar-refractivity contribution >= 4 is 28.1 Å². The molecule has 1 aliphatic rings. The summed E-state index contributed by atoms with van der Waals surface area (Å²) in [5, 5.41) is 5.48. The van der Waals surface area contributed by atoms with Gasteiger partial charge in [-0.3, -0.25) is 0 Å². The number of hydrogen-bond acceptors (Lipinski definition) is 4. The first-order valence-electron chi connectivity index (χ1n) is 6.74. The number of nitrogen functional groups attached to an aromatic ring is 1. The van der Waals surface area contributed by atoms with Gasteiger partial charge in [0.1, 0.15) is 0 Å². The summed E-state index contributed by atoms with van der Waals surface area (Å²) in [4.78, 5) is 18.1. The zero-order valence-electron chi connectivity index (χ0n) is 11.6. The smallest absolute Gasteiger partial charge is 0.322 e. The summed E-state index contributed by atoms with van der Waals surface area (Å²) < 4.78 is 0. The Labute approximate surface area is 127 Å². The van der Waals surface area contributed by atoms with Gasteiger partial charge in [-0.15, -0.1) is 11.3 Å². The number of rotatable bonds is 3. The maximum atomic E-state index is 12.1. The number of urea groups is 1. The molecular formula is C15H16N4OS. The van der Waals surface area contributed by atoms with Crippen LogP contribution in [0.15, 0.2) is 41.9 Å². The number of nitrogens with two attached hydrogens (primary N) is 1. The fourth-order valence-corrected chi connectivity index (χ4v) is 2.93. The summed E-state index contributed by atoms with van der Waals surface area (Å²) in [5.74, 6) is 0. The van der Waals surface area contributed by atoms with Gasteiger partial charge in [0.25, 0.3) is 0 Å². The van der Waals surface area contributed by atoms with Gasteiger partial charge in [0.2, 0.25) is 0 Å². The van der Waals surface area contributed by atoms with Crippen LogP contribution < -0.4 is 11.1 Å². The second-order valence-corrected chi connectivity index (χ2v) is 5.62. The van der Waals surface area contributed by atoms with Crippen molar-refractivity contribution in [3.8, 4) is 0 Å². The Kier molecular flexibility index (Phi) is 3.62. The van der Waals surface area contributed by atoms with Gasteiger partial charge in [-0.05, 0) is 12.5 Å². The van der Waals surface area contributed by atoms with Crippen molar-refractivity contribution in [1.82, 2.24) is 15.2 Å². The molecule has 1 aliphatic heterocycles. The van der Waals surface area contributed by atoms with Crippen molar-refractivity contribution in [1.29, 1.82) is 0 Å². The Hall–Kier alpha value is -2.34. The molecule has 0 bridgehead atoms. The van der Waals surface area contributed by atoms with Gasteiger partial charge in [0.15, 0.2) is 5.13 Å². The molecule has 0 radical (unpaired) electrons. The summed E-state index contributed by atoms with van der Waals surface area (Å²) in [6, 6.07) is 9.56. The van der Waals surface area contributed by atoms with Gasteiger partial charge in [0.05, 0.1) is 11.7 Å². The zero-order valence-corrected chi connectivity index (χ0v) is 12.4. The predicted octanol–water partition coefficient (Wildman–Crippen LogP) is 2.85. The van der Waals surface area contributed by atoms with Gasteiger partial charge >= 0.3 is 6.03 Å². The van der Waals surface area contributed by atoms with E-state index in [1.807, 2.05) is 48.8 Å². The molecule has 2 aromatic rings. The van der Waals surface area contributed by atoms with Crippen LogP contribution in [0.3, 0.4) is 0 Å². The Morgan fingerprint density at radius 2 is 2.14 bits per heavy atom. The highest BCUT2D eigenvalue weighted by atomic mass is 32.1. The van der Waals surface area contributed by atoms with E-state index in [1.165, 1.54) is 11.3 Å². The number of carbonyl (C=O) groups excluding carboxylic acids is 1. The van der Waals surface area contributed by atoms with E-state index in [4.69, 9.17) is 5.73 Å². The van der Waals surface area contributed by atoms with Crippen LogP contribution in [-0.4, -0.2) is 22.5 Å². The average molecular weight is 300 g/mol. The Bertz CT molecular complexity index is 680. The molecule has 21 heavy (non-hydrogen) atoms. The Morgan fingerprint density at radius 1 is 1.38 bits per heavy atom. The third-order valence-corrected chi connectivity index (χ3v) is 4.10. The average Bonchev–Trinajstić information content (AvgIpc) is 2.94. The lowest BCUT2D eigenvalue weighted by Gasteiger charge is -2.31. The van der Waals surface area contributed by atoms with Crippen molar-refractivity contribution in [3.05, 3.63) is 53.2 Å². The highest BCUT2D eigenvalue weighted by Gasteiger charge is 2.29.